The minimum Gasteiger partial charge on any atom is -0.354 e. The number of nitrogens with zero attached hydrogens (tertiary/aromatic N) is 5. The van der Waals surface area contributed by atoms with Gasteiger partial charge in [-0.3, -0.25) is 0 Å². The number of hydrogen-bond acceptors (Lipinski definition) is 6. The molecule has 0 radical (unpaired) electrons. The number of anilines is 1. The van der Waals surface area contributed by atoms with E-state index in [0.717, 1.165) is 36.3 Å². The summed E-state index contributed by atoms with van der Waals surface area (Å²) in [6.07, 6.45) is 5.46. The first kappa shape index (κ1) is 14.5. The summed E-state index contributed by atoms with van der Waals surface area (Å²) in [7, 11) is 4.03. The predicted octanol–water partition coefficient (Wildman–Crippen LogP) is 1.99. The maximum absolute atomic E-state index is 4.40. The molecule has 2 aromatic heterocycles. The number of fused-ring (bicyclic) bond motifs is 1. The van der Waals surface area contributed by atoms with Crippen LogP contribution < -0.4 is 10.2 Å². The minimum atomic E-state index is 0.203. The summed E-state index contributed by atoms with van der Waals surface area (Å²) in [5.74, 6) is 2.19. The van der Waals surface area contributed by atoms with E-state index in [-0.39, 0.29) is 6.04 Å². The van der Waals surface area contributed by atoms with Crippen LogP contribution in [0.25, 0.3) is 0 Å². The summed E-state index contributed by atoms with van der Waals surface area (Å²) in [4.78, 5) is 7.67. The molecule has 3 rings (SSSR count). The van der Waals surface area contributed by atoms with Gasteiger partial charge in [-0.1, -0.05) is 0 Å². The van der Waals surface area contributed by atoms with Gasteiger partial charge < -0.3 is 14.8 Å². The van der Waals surface area contributed by atoms with Crippen LogP contribution >= 0.6 is 11.3 Å². The van der Waals surface area contributed by atoms with Crippen molar-refractivity contribution in [2.75, 3.05) is 19.0 Å². The molecule has 1 atom stereocenters. The van der Waals surface area contributed by atoms with Gasteiger partial charge in [-0.25, -0.2) is 4.98 Å². The van der Waals surface area contributed by atoms with Crippen molar-refractivity contribution in [2.24, 2.45) is 0 Å². The van der Waals surface area contributed by atoms with Crippen molar-refractivity contribution >= 4 is 16.5 Å². The number of nitrogens with one attached hydrogen (secondary N) is 1. The van der Waals surface area contributed by atoms with Crippen LogP contribution in [0.3, 0.4) is 0 Å². The molecule has 0 aromatic carbocycles. The third-order valence-corrected chi connectivity index (χ3v) is 4.95. The lowest BCUT2D eigenvalue weighted by Crippen LogP contribution is -2.23. The second-order valence-electron chi connectivity index (χ2n) is 5.69. The highest BCUT2D eigenvalue weighted by atomic mass is 32.1. The van der Waals surface area contributed by atoms with Gasteiger partial charge in [-0.2, -0.15) is 0 Å². The van der Waals surface area contributed by atoms with E-state index in [0.29, 0.717) is 0 Å². The molecule has 0 saturated heterocycles. The summed E-state index contributed by atoms with van der Waals surface area (Å²) < 4.78 is 2.28. The number of aromatic nitrogens is 4. The molecule has 1 aliphatic rings. The van der Waals surface area contributed by atoms with E-state index in [1.54, 1.807) is 11.3 Å². The van der Waals surface area contributed by atoms with Crippen molar-refractivity contribution in [2.45, 2.75) is 45.3 Å². The molecule has 0 spiro atoms. The number of hydrogen-bond donors (Lipinski definition) is 1. The van der Waals surface area contributed by atoms with Gasteiger partial charge >= 0.3 is 0 Å². The molecule has 114 valence electrons. The molecule has 6 nitrogen and oxygen atoms in total. The van der Waals surface area contributed by atoms with E-state index in [2.05, 4.69) is 32.0 Å². The highest BCUT2D eigenvalue weighted by molar-refractivity contribution is 7.15. The second-order valence-corrected chi connectivity index (χ2v) is 6.78. The highest BCUT2D eigenvalue weighted by Gasteiger charge is 2.19. The van der Waals surface area contributed by atoms with Gasteiger partial charge in [0.05, 0.1) is 6.04 Å². The van der Waals surface area contributed by atoms with Gasteiger partial charge in [0.2, 0.25) is 0 Å². The standard InChI is InChI=1S/C14H22N6S/c1-10(13-18-17-12-6-4-5-7-20(12)13)15-8-11-9-16-14(21-11)19(2)3/h9-10,15H,4-8H2,1-3H3/t10-/m0/s1. The first-order chi connectivity index (χ1) is 10.1. The molecule has 7 heteroatoms. The molecule has 3 heterocycles. The SMILES string of the molecule is C[C@H](NCc1cnc(N(C)C)s1)c1nnc2n1CCCC2. The van der Waals surface area contributed by atoms with Crippen LogP contribution in [0.1, 0.15) is 42.3 Å². The third kappa shape index (κ3) is 3.08. The van der Waals surface area contributed by atoms with Gasteiger partial charge in [0.15, 0.2) is 5.13 Å². The molecule has 0 bridgehead atoms. The topological polar surface area (TPSA) is 58.9 Å². The smallest absolute Gasteiger partial charge is 0.185 e. The minimum absolute atomic E-state index is 0.203. The lowest BCUT2D eigenvalue weighted by atomic mass is 10.1. The molecule has 0 fully saturated rings. The zero-order valence-corrected chi connectivity index (χ0v) is 13.7. The normalized spacial score (nSPS) is 15.8. The first-order valence-corrected chi connectivity index (χ1v) is 8.24. The van der Waals surface area contributed by atoms with Crippen LogP contribution in [0, 0.1) is 0 Å². The van der Waals surface area contributed by atoms with Crippen molar-refractivity contribution in [3.8, 4) is 0 Å². The summed E-state index contributed by atoms with van der Waals surface area (Å²) in [6, 6.07) is 0.203. The average molecular weight is 306 g/mol. The van der Waals surface area contributed by atoms with Gasteiger partial charge in [0, 0.05) is 44.7 Å². The van der Waals surface area contributed by atoms with E-state index in [4.69, 9.17) is 0 Å². The van der Waals surface area contributed by atoms with Crippen molar-refractivity contribution in [1.29, 1.82) is 0 Å². The van der Waals surface area contributed by atoms with Crippen molar-refractivity contribution < 1.29 is 0 Å². The average Bonchev–Trinajstić information content (AvgIpc) is 3.11. The van der Waals surface area contributed by atoms with E-state index in [9.17, 15) is 0 Å². The molecule has 0 aliphatic carbocycles. The van der Waals surface area contributed by atoms with E-state index in [1.165, 1.54) is 17.7 Å². The molecule has 0 unspecified atom stereocenters. The zero-order chi connectivity index (χ0) is 14.8. The summed E-state index contributed by atoms with van der Waals surface area (Å²) in [5.41, 5.74) is 0. The molecule has 0 saturated carbocycles. The molecule has 1 aliphatic heterocycles. The van der Waals surface area contributed by atoms with Crippen LogP contribution in [0.5, 0.6) is 0 Å². The largest absolute Gasteiger partial charge is 0.354 e. The van der Waals surface area contributed by atoms with E-state index >= 15 is 0 Å². The maximum atomic E-state index is 4.40. The molecular weight excluding hydrogens is 284 g/mol. The van der Waals surface area contributed by atoms with Gasteiger partial charge in [-0.05, 0) is 19.8 Å². The molecular formula is C14H22N6S. The Morgan fingerprint density at radius 1 is 1.38 bits per heavy atom. The molecule has 1 N–H and O–H groups in total. The Morgan fingerprint density at radius 2 is 2.24 bits per heavy atom. The first-order valence-electron chi connectivity index (χ1n) is 7.42. The summed E-state index contributed by atoms with van der Waals surface area (Å²) in [6.45, 7) is 4.02. The maximum Gasteiger partial charge on any atom is 0.185 e. The Bertz CT molecular complexity index is 602. The van der Waals surface area contributed by atoms with Crippen molar-refractivity contribution in [3.63, 3.8) is 0 Å². The number of aryl methyl sites for hydroxylation is 1. The number of thiazole rings is 1. The van der Waals surface area contributed by atoms with E-state index in [1.807, 2.05) is 25.2 Å². The Kier molecular flexibility index (Phi) is 4.21. The van der Waals surface area contributed by atoms with Crippen LogP contribution in [-0.4, -0.2) is 33.8 Å². The lowest BCUT2D eigenvalue weighted by molar-refractivity contribution is 0.466. The fourth-order valence-corrected chi connectivity index (χ4v) is 3.37. The molecule has 21 heavy (non-hydrogen) atoms. The highest BCUT2D eigenvalue weighted by Crippen LogP contribution is 2.22. The number of rotatable bonds is 5. The summed E-state index contributed by atoms with van der Waals surface area (Å²) >= 11 is 1.72. The van der Waals surface area contributed by atoms with Crippen LogP contribution in [0.2, 0.25) is 0 Å². The van der Waals surface area contributed by atoms with Crippen LogP contribution in [0.15, 0.2) is 6.20 Å². The van der Waals surface area contributed by atoms with Gasteiger partial charge in [-0.15, -0.1) is 21.5 Å². The lowest BCUT2D eigenvalue weighted by Gasteiger charge is -2.18. The fraction of sp³-hybridized carbons (Fsp3) is 0.643. The molecule has 0 amide bonds. The summed E-state index contributed by atoms with van der Waals surface area (Å²) in [5, 5.41) is 13.3. The zero-order valence-electron chi connectivity index (χ0n) is 12.8. The van der Waals surface area contributed by atoms with Gasteiger partial charge in [0.25, 0.3) is 0 Å². The molecule has 2 aromatic rings. The Balaban J connectivity index is 1.63. The predicted molar refractivity (Wildman–Crippen MR) is 84.7 cm³/mol. The Morgan fingerprint density at radius 3 is 3.00 bits per heavy atom. The third-order valence-electron chi connectivity index (χ3n) is 3.78. The second kappa shape index (κ2) is 6.11. The Labute approximate surface area is 129 Å². The quantitative estimate of drug-likeness (QED) is 0.915. The van der Waals surface area contributed by atoms with Crippen molar-refractivity contribution in [1.82, 2.24) is 25.1 Å². The fourth-order valence-electron chi connectivity index (χ4n) is 2.58. The van der Waals surface area contributed by atoms with E-state index < -0.39 is 0 Å². The van der Waals surface area contributed by atoms with Crippen molar-refractivity contribution in [3.05, 3.63) is 22.7 Å². The van der Waals surface area contributed by atoms with Crippen LogP contribution in [0.4, 0.5) is 5.13 Å². The van der Waals surface area contributed by atoms with Gasteiger partial charge in [0.1, 0.15) is 11.6 Å². The monoisotopic (exact) mass is 306 g/mol. The van der Waals surface area contributed by atoms with Crippen LogP contribution in [-0.2, 0) is 19.5 Å². The Hall–Kier alpha value is -1.47.